The van der Waals surface area contributed by atoms with Gasteiger partial charge >= 0.3 is 0 Å². The lowest BCUT2D eigenvalue weighted by Crippen LogP contribution is -2.27. The second kappa shape index (κ2) is 5.50. The molecular weight excluding hydrogens is 212 g/mol. The Labute approximate surface area is 103 Å². The Morgan fingerprint density at radius 2 is 2.18 bits per heavy atom. The molecule has 0 aliphatic heterocycles. The number of rotatable bonds is 5. The molecule has 17 heavy (non-hydrogen) atoms. The van der Waals surface area contributed by atoms with Gasteiger partial charge in [-0.25, -0.2) is 0 Å². The van der Waals surface area contributed by atoms with Crippen molar-refractivity contribution in [3.05, 3.63) is 33.7 Å². The molecule has 0 fully saturated rings. The molecule has 0 aromatic carbocycles. The third kappa shape index (κ3) is 2.97. The van der Waals surface area contributed by atoms with E-state index < -0.39 is 0 Å². The highest BCUT2D eigenvalue weighted by Crippen LogP contribution is 2.19. The largest absolute Gasteiger partial charge is 0.314 e. The molecule has 3 nitrogen and oxygen atoms in total. The first-order chi connectivity index (χ1) is 8.18. The normalized spacial score (nSPS) is 14.3. The van der Waals surface area contributed by atoms with Gasteiger partial charge in [0.1, 0.15) is 0 Å². The molecular formula is C14H22N2O. The van der Waals surface area contributed by atoms with Crippen LogP contribution in [0.3, 0.4) is 0 Å². The number of hydrogen-bond donors (Lipinski definition) is 1. The molecule has 0 saturated carbocycles. The smallest absolute Gasteiger partial charge is 0.250 e. The van der Waals surface area contributed by atoms with Crippen LogP contribution in [0.1, 0.15) is 37.9 Å². The average Bonchev–Trinajstić information content (AvgIpc) is 2.74. The number of fused-ring (bicyclic) bond motifs is 1. The molecule has 0 amide bonds. The molecule has 1 aromatic rings. The number of hydrogen-bond acceptors (Lipinski definition) is 2. The Bertz CT molecular complexity index is 434. The molecule has 1 heterocycles. The SMILES string of the molecule is CC(C)NCCCn1c2c(ccc1=O)CCC2. The molecule has 0 radical (unpaired) electrons. The van der Waals surface area contributed by atoms with Gasteiger partial charge in [-0.1, -0.05) is 19.9 Å². The predicted octanol–water partition coefficient (Wildman–Crippen LogP) is 1.73. The molecule has 0 bridgehead atoms. The van der Waals surface area contributed by atoms with Crippen molar-refractivity contribution in [2.75, 3.05) is 6.54 Å². The lowest BCUT2D eigenvalue weighted by molar-refractivity contribution is 0.522. The van der Waals surface area contributed by atoms with Crippen molar-refractivity contribution < 1.29 is 0 Å². The van der Waals surface area contributed by atoms with Gasteiger partial charge in [0.05, 0.1) is 0 Å². The minimum atomic E-state index is 0.162. The van der Waals surface area contributed by atoms with Gasteiger partial charge in [-0.3, -0.25) is 4.79 Å². The lowest BCUT2D eigenvalue weighted by Gasteiger charge is -2.13. The number of aromatic nitrogens is 1. The molecule has 94 valence electrons. The summed E-state index contributed by atoms with van der Waals surface area (Å²) in [6.45, 7) is 6.12. The van der Waals surface area contributed by atoms with Gasteiger partial charge < -0.3 is 9.88 Å². The van der Waals surface area contributed by atoms with Crippen LogP contribution in [0.5, 0.6) is 0 Å². The van der Waals surface area contributed by atoms with Gasteiger partial charge in [0.2, 0.25) is 0 Å². The van der Waals surface area contributed by atoms with Crippen molar-refractivity contribution in [1.29, 1.82) is 0 Å². The van der Waals surface area contributed by atoms with Crippen molar-refractivity contribution in [3.63, 3.8) is 0 Å². The number of nitrogens with one attached hydrogen (secondary N) is 1. The quantitative estimate of drug-likeness (QED) is 0.787. The van der Waals surface area contributed by atoms with Crippen LogP contribution in [0.15, 0.2) is 16.9 Å². The third-order valence-corrected chi connectivity index (χ3v) is 3.36. The first-order valence-electron chi connectivity index (χ1n) is 6.63. The topological polar surface area (TPSA) is 34.0 Å². The molecule has 1 aromatic heterocycles. The molecule has 1 aliphatic carbocycles. The maximum absolute atomic E-state index is 11.8. The monoisotopic (exact) mass is 234 g/mol. The van der Waals surface area contributed by atoms with Crippen LogP contribution in [0.2, 0.25) is 0 Å². The van der Waals surface area contributed by atoms with Gasteiger partial charge in [-0.15, -0.1) is 0 Å². The van der Waals surface area contributed by atoms with Gasteiger partial charge in [0.15, 0.2) is 0 Å². The van der Waals surface area contributed by atoms with Crippen molar-refractivity contribution in [2.24, 2.45) is 0 Å². The van der Waals surface area contributed by atoms with E-state index in [0.717, 1.165) is 32.4 Å². The van der Waals surface area contributed by atoms with Crippen LogP contribution in [0, 0.1) is 0 Å². The van der Waals surface area contributed by atoms with Crippen molar-refractivity contribution >= 4 is 0 Å². The second-order valence-corrected chi connectivity index (χ2v) is 5.11. The average molecular weight is 234 g/mol. The minimum Gasteiger partial charge on any atom is -0.314 e. The van der Waals surface area contributed by atoms with Gasteiger partial charge in [-0.2, -0.15) is 0 Å². The summed E-state index contributed by atoms with van der Waals surface area (Å²) in [5.41, 5.74) is 2.82. The van der Waals surface area contributed by atoms with E-state index in [1.165, 1.54) is 17.7 Å². The number of pyridine rings is 1. The predicted molar refractivity (Wildman–Crippen MR) is 70.5 cm³/mol. The van der Waals surface area contributed by atoms with Gasteiger partial charge in [0, 0.05) is 24.3 Å². The zero-order chi connectivity index (χ0) is 12.3. The van der Waals surface area contributed by atoms with Crippen LogP contribution < -0.4 is 10.9 Å². The lowest BCUT2D eigenvalue weighted by atomic mass is 10.2. The van der Waals surface area contributed by atoms with Crippen LogP contribution in [0.25, 0.3) is 0 Å². The minimum absolute atomic E-state index is 0.162. The van der Waals surface area contributed by atoms with E-state index in [4.69, 9.17) is 0 Å². The summed E-state index contributed by atoms with van der Waals surface area (Å²) < 4.78 is 1.98. The Hall–Kier alpha value is -1.09. The maximum Gasteiger partial charge on any atom is 0.250 e. The van der Waals surface area contributed by atoms with E-state index in [1.54, 1.807) is 6.07 Å². The summed E-state index contributed by atoms with van der Waals surface area (Å²) in [7, 11) is 0. The Morgan fingerprint density at radius 3 is 2.94 bits per heavy atom. The summed E-state index contributed by atoms with van der Waals surface area (Å²) >= 11 is 0. The zero-order valence-electron chi connectivity index (χ0n) is 10.8. The summed E-state index contributed by atoms with van der Waals surface area (Å²) in [6, 6.07) is 4.25. The van der Waals surface area contributed by atoms with E-state index in [9.17, 15) is 4.79 Å². The highest BCUT2D eigenvalue weighted by molar-refractivity contribution is 5.25. The highest BCUT2D eigenvalue weighted by atomic mass is 16.1. The summed E-state index contributed by atoms with van der Waals surface area (Å²) in [6.07, 6.45) is 4.43. The van der Waals surface area contributed by atoms with Crippen molar-refractivity contribution in [3.8, 4) is 0 Å². The molecule has 0 atom stereocenters. The molecule has 0 saturated heterocycles. The van der Waals surface area contributed by atoms with E-state index >= 15 is 0 Å². The van der Waals surface area contributed by atoms with Crippen molar-refractivity contribution in [1.82, 2.24) is 9.88 Å². The Kier molecular flexibility index (Phi) is 4.00. The van der Waals surface area contributed by atoms with Crippen LogP contribution in [0.4, 0.5) is 0 Å². The maximum atomic E-state index is 11.8. The highest BCUT2D eigenvalue weighted by Gasteiger charge is 2.15. The molecule has 0 spiro atoms. The number of aryl methyl sites for hydroxylation is 1. The fourth-order valence-electron chi connectivity index (χ4n) is 2.51. The summed E-state index contributed by atoms with van der Waals surface area (Å²) in [5.74, 6) is 0. The first-order valence-corrected chi connectivity index (χ1v) is 6.63. The second-order valence-electron chi connectivity index (χ2n) is 5.11. The molecule has 1 aliphatic rings. The van der Waals surface area contributed by atoms with E-state index in [0.29, 0.717) is 6.04 Å². The van der Waals surface area contributed by atoms with Crippen LogP contribution >= 0.6 is 0 Å². The summed E-state index contributed by atoms with van der Waals surface area (Å²) in [4.78, 5) is 11.8. The Morgan fingerprint density at radius 1 is 1.35 bits per heavy atom. The zero-order valence-corrected chi connectivity index (χ0v) is 10.8. The van der Waals surface area contributed by atoms with Crippen LogP contribution in [-0.2, 0) is 19.4 Å². The van der Waals surface area contributed by atoms with E-state index in [-0.39, 0.29) is 5.56 Å². The van der Waals surface area contributed by atoms with E-state index in [2.05, 4.69) is 19.2 Å². The van der Waals surface area contributed by atoms with Crippen LogP contribution in [-0.4, -0.2) is 17.2 Å². The summed E-state index contributed by atoms with van der Waals surface area (Å²) in [5, 5.41) is 3.39. The molecule has 2 rings (SSSR count). The molecule has 1 N–H and O–H groups in total. The van der Waals surface area contributed by atoms with Crippen molar-refractivity contribution in [2.45, 2.75) is 52.1 Å². The van der Waals surface area contributed by atoms with E-state index in [1.807, 2.05) is 10.6 Å². The van der Waals surface area contributed by atoms with Gasteiger partial charge in [0.25, 0.3) is 5.56 Å². The molecule has 3 heteroatoms. The standard InChI is InChI=1S/C14H22N2O/c1-11(2)15-9-4-10-16-13-6-3-5-12(13)7-8-14(16)17/h7-8,11,15H,3-6,9-10H2,1-2H3. The number of nitrogens with zero attached hydrogens (tertiary/aromatic N) is 1. The fraction of sp³-hybridized carbons (Fsp3) is 0.643. The first kappa shape index (κ1) is 12.4. The fourth-order valence-corrected chi connectivity index (χ4v) is 2.51. The Balaban J connectivity index is 2.01. The third-order valence-electron chi connectivity index (χ3n) is 3.36. The molecule has 0 unspecified atom stereocenters. The van der Waals surface area contributed by atoms with Gasteiger partial charge in [-0.05, 0) is 37.8 Å².